The summed E-state index contributed by atoms with van der Waals surface area (Å²) in [4.78, 5) is 0.201. The van der Waals surface area contributed by atoms with Gasteiger partial charge in [0.15, 0.2) is 5.82 Å². The van der Waals surface area contributed by atoms with E-state index < -0.39 is 10.0 Å². The second-order valence-corrected chi connectivity index (χ2v) is 8.50. The molecule has 29 heavy (non-hydrogen) atoms. The van der Waals surface area contributed by atoms with Gasteiger partial charge in [0.05, 0.1) is 23.7 Å². The highest BCUT2D eigenvalue weighted by atomic mass is 32.2. The summed E-state index contributed by atoms with van der Waals surface area (Å²) in [6, 6.07) is 16.6. The summed E-state index contributed by atoms with van der Waals surface area (Å²) in [7, 11) is -3.82. The third-order valence-corrected chi connectivity index (χ3v) is 6.24. The van der Waals surface area contributed by atoms with Crippen LogP contribution in [0, 0.1) is 6.92 Å². The minimum atomic E-state index is -3.82. The molecule has 1 heterocycles. The molecule has 1 aromatic heterocycles. The summed E-state index contributed by atoms with van der Waals surface area (Å²) in [5.74, 6) is 0.293. The molecular formula is C22H24N4O2S. The van der Waals surface area contributed by atoms with Crippen LogP contribution in [0.2, 0.25) is 0 Å². The fourth-order valence-electron chi connectivity index (χ4n) is 2.99. The first-order valence-corrected chi connectivity index (χ1v) is 10.7. The molecule has 0 aliphatic carbocycles. The number of hydrogen-bond acceptors (Lipinski definition) is 4. The van der Waals surface area contributed by atoms with Crippen molar-refractivity contribution in [3.05, 3.63) is 96.7 Å². The number of nitrogens with zero attached hydrogens (tertiary/aromatic N) is 4. The van der Waals surface area contributed by atoms with Gasteiger partial charge in [-0.15, -0.1) is 18.3 Å². The molecule has 0 aliphatic heterocycles. The molecule has 0 radical (unpaired) electrons. The lowest BCUT2D eigenvalue weighted by atomic mass is 10.2. The molecule has 3 aromatic rings. The maximum Gasteiger partial charge on any atom is 0.265 e. The Bertz CT molecular complexity index is 1090. The summed E-state index contributed by atoms with van der Waals surface area (Å²) in [6.07, 6.45) is 3.69. The molecule has 0 fully saturated rings. The number of aryl methyl sites for hydroxylation is 1. The third kappa shape index (κ3) is 4.46. The van der Waals surface area contributed by atoms with Gasteiger partial charge in [0, 0.05) is 6.42 Å². The third-order valence-electron chi connectivity index (χ3n) is 4.47. The van der Waals surface area contributed by atoms with Crippen molar-refractivity contribution >= 4 is 15.8 Å². The molecule has 7 heteroatoms. The van der Waals surface area contributed by atoms with E-state index in [0.717, 1.165) is 11.1 Å². The maximum absolute atomic E-state index is 13.3. The van der Waals surface area contributed by atoms with Crippen LogP contribution in [0.1, 0.15) is 16.8 Å². The van der Waals surface area contributed by atoms with Gasteiger partial charge in [-0.2, -0.15) is 0 Å². The van der Waals surface area contributed by atoms with Gasteiger partial charge in [-0.25, -0.2) is 17.4 Å². The summed E-state index contributed by atoms with van der Waals surface area (Å²) in [6.45, 7) is 10.0. The van der Waals surface area contributed by atoms with Crippen LogP contribution in [0.3, 0.4) is 0 Å². The number of aromatic nitrogens is 3. The molecule has 3 rings (SSSR count). The van der Waals surface area contributed by atoms with E-state index in [0.29, 0.717) is 24.5 Å². The molecule has 0 bridgehead atoms. The van der Waals surface area contributed by atoms with Gasteiger partial charge in [0.25, 0.3) is 10.0 Å². The molecular weight excluding hydrogens is 384 g/mol. The predicted molar refractivity (Wildman–Crippen MR) is 115 cm³/mol. The molecule has 0 amide bonds. The number of rotatable bonds is 9. The molecule has 0 spiro atoms. The van der Waals surface area contributed by atoms with Gasteiger partial charge in [-0.3, -0.25) is 0 Å². The van der Waals surface area contributed by atoms with E-state index in [1.807, 2.05) is 37.3 Å². The lowest BCUT2D eigenvalue weighted by Crippen LogP contribution is -2.32. The Hall–Kier alpha value is -3.19. The van der Waals surface area contributed by atoms with Crippen LogP contribution in [-0.4, -0.2) is 30.0 Å². The van der Waals surface area contributed by atoms with Crippen LogP contribution in [-0.2, 0) is 23.0 Å². The Balaban J connectivity index is 2.06. The number of hydrogen-bond donors (Lipinski definition) is 0. The van der Waals surface area contributed by atoms with E-state index in [1.54, 1.807) is 41.1 Å². The van der Waals surface area contributed by atoms with Gasteiger partial charge in [0.2, 0.25) is 0 Å². The van der Waals surface area contributed by atoms with E-state index in [9.17, 15) is 8.42 Å². The first-order valence-electron chi connectivity index (χ1n) is 9.25. The zero-order chi connectivity index (χ0) is 20.9. The van der Waals surface area contributed by atoms with E-state index in [4.69, 9.17) is 0 Å². The van der Waals surface area contributed by atoms with Crippen molar-refractivity contribution in [1.82, 2.24) is 15.0 Å². The molecule has 0 N–H and O–H groups in total. The van der Waals surface area contributed by atoms with Crippen LogP contribution >= 0.6 is 0 Å². The number of anilines is 1. The molecule has 0 saturated carbocycles. The van der Waals surface area contributed by atoms with Crippen LogP contribution < -0.4 is 4.31 Å². The SMILES string of the molecule is C=CCc1c(N(CC=C)S(=O)(=O)c2ccc(C)cc2)nnn1Cc1ccccc1. The second-order valence-electron chi connectivity index (χ2n) is 6.63. The van der Waals surface area contributed by atoms with Crippen LogP contribution in [0.4, 0.5) is 5.82 Å². The molecule has 0 aliphatic rings. The minimum Gasteiger partial charge on any atom is -0.243 e. The molecule has 0 atom stereocenters. The Labute approximate surface area is 171 Å². The van der Waals surface area contributed by atoms with Crippen molar-refractivity contribution in [3.8, 4) is 0 Å². The van der Waals surface area contributed by atoms with Crippen molar-refractivity contribution in [2.45, 2.75) is 24.8 Å². The van der Waals surface area contributed by atoms with Gasteiger partial charge in [-0.05, 0) is 24.6 Å². The van der Waals surface area contributed by atoms with Crippen molar-refractivity contribution in [3.63, 3.8) is 0 Å². The Morgan fingerprint density at radius 3 is 2.34 bits per heavy atom. The summed E-state index contributed by atoms with van der Waals surface area (Å²) >= 11 is 0. The van der Waals surface area contributed by atoms with E-state index >= 15 is 0 Å². The quantitative estimate of drug-likeness (QED) is 0.506. The topological polar surface area (TPSA) is 68.1 Å². The van der Waals surface area contributed by atoms with E-state index in [-0.39, 0.29) is 11.4 Å². The highest BCUT2D eigenvalue weighted by Gasteiger charge is 2.29. The first kappa shape index (κ1) is 20.5. The monoisotopic (exact) mass is 408 g/mol. The standard InChI is InChI=1S/C22H24N4O2S/c1-4-9-21-22(23-24-25(21)17-19-10-7-6-8-11-19)26(16-5-2)29(27,28)20-14-12-18(3)13-15-20/h4-8,10-15H,1-2,9,16-17H2,3H3. The number of benzene rings is 2. The van der Waals surface area contributed by atoms with Crippen molar-refractivity contribution in [2.24, 2.45) is 0 Å². The van der Waals surface area contributed by atoms with Crippen LogP contribution in [0.25, 0.3) is 0 Å². The average molecular weight is 409 g/mol. The minimum absolute atomic E-state index is 0.0877. The predicted octanol–water partition coefficient (Wildman–Crippen LogP) is 3.74. The first-order chi connectivity index (χ1) is 14.0. The fourth-order valence-corrected chi connectivity index (χ4v) is 4.39. The Morgan fingerprint density at radius 2 is 1.72 bits per heavy atom. The summed E-state index contributed by atoms with van der Waals surface area (Å²) in [5, 5.41) is 8.46. The zero-order valence-electron chi connectivity index (χ0n) is 16.4. The summed E-state index contributed by atoms with van der Waals surface area (Å²) < 4.78 is 29.6. The highest BCUT2D eigenvalue weighted by Crippen LogP contribution is 2.26. The average Bonchev–Trinajstić information content (AvgIpc) is 3.09. The highest BCUT2D eigenvalue weighted by molar-refractivity contribution is 7.92. The molecule has 2 aromatic carbocycles. The molecule has 150 valence electrons. The lowest BCUT2D eigenvalue weighted by molar-refractivity contribution is 0.592. The zero-order valence-corrected chi connectivity index (χ0v) is 17.2. The largest absolute Gasteiger partial charge is 0.265 e. The summed E-state index contributed by atoms with van der Waals surface area (Å²) in [5.41, 5.74) is 2.72. The molecule has 0 unspecified atom stereocenters. The van der Waals surface area contributed by atoms with Crippen LogP contribution in [0.15, 0.2) is 84.8 Å². The van der Waals surface area contributed by atoms with E-state index in [1.165, 1.54) is 4.31 Å². The Kier molecular flexibility index (Phi) is 6.29. The van der Waals surface area contributed by atoms with Gasteiger partial charge in [0.1, 0.15) is 0 Å². The normalized spacial score (nSPS) is 11.2. The van der Waals surface area contributed by atoms with Crippen LogP contribution in [0.5, 0.6) is 0 Å². The van der Waals surface area contributed by atoms with Gasteiger partial charge < -0.3 is 0 Å². The molecule has 6 nitrogen and oxygen atoms in total. The van der Waals surface area contributed by atoms with Crippen molar-refractivity contribution in [2.75, 3.05) is 10.8 Å². The Morgan fingerprint density at radius 1 is 1.03 bits per heavy atom. The fraction of sp³-hybridized carbons (Fsp3) is 0.182. The molecule has 0 saturated heterocycles. The van der Waals surface area contributed by atoms with Crippen molar-refractivity contribution < 1.29 is 8.42 Å². The van der Waals surface area contributed by atoms with Crippen molar-refractivity contribution in [1.29, 1.82) is 0 Å². The van der Waals surface area contributed by atoms with Gasteiger partial charge >= 0.3 is 0 Å². The second kappa shape index (κ2) is 8.87. The lowest BCUT2D eigenvalue weighted by Gasteiger charge is -2.22. The number of sulfonamides is 1. The smallest absolute Gasteiger partial charge is 0.243 e. The van der Waals surface area contributed by atoms with Gasteiger partial charge in [-0.1, -0.05) is 65.4 Å². The van der Waals surface area contributed by atoms with E-state index in [2.05, 4.69) is 23.5 Å². The number of allylic oxidation sites excluding steroid dienone is 1. The maximum atomic E-state index is 13.3.